The number of nitrogens with one attached hydrogen (secondary N) is 1. The highest BCUT2D eigenvalue weighted by Gasteiger charge is 2.27. The van der Waals surface area contributed by atoms with Gasteiger partial charge in [-0.1, -0.05) is 18.2 Å². The molecule has 1 saturated heterocycles. The van der Waals surface area contributed by atoms with Crippen LogP contribution in [0.15, 0.2) is 18.2 Å². The predicted octanol–water partition coefficient (Wildman–Crippen LogP) is 2.82. The average molecular weight is 318 g/mol. The van der Waals surface area contributed by atoms with Crippen molar-refractivity contribution < 1.29 is 14.3 Å². The van der Waals surface area contributed by atoms with Gasteiger partial charge in [0.1, 0.15) is 5.60 Å². The topological polar surface area (TPSA) is 50.8 Å². The molecule has 0 aliphatic carbocycles. The number of rotatable bonds is 3. The van der Waals surface area contributed by atoms with Crippen LogP contribution in [-0.4, -0.2) is 35.8 Å². The molecule has 1 fully saturated rings. The first kappa shape index (κ1) is 16.3. The third-order valence-corrected chi connectivity index (χ3v) is 4.17. The van der Waals surface area contributed by atoms with Gasteiger partial charge in [-0.25, -0.2) is 4.79 Å². The normalized spacial score (nSPS) is 20.7. The van der Waals surface area contributed by atoms with Crippen molar-refractivity contribution >= 4 is 6.09 Å². The van der Waals surface area contributed by atoms with E-state index in [4.69, 9.17) is 9.47 Å². The highest BCUT2D eigenvalue weighted by atomic mass is 16.6. The highest BCUT2D eigenvalue weighted by Crippen LogP contribution is 2.25. The molecule has 0 bridgehead atoms. The van der Waals surface area contributed by atoms with Crippen LogP contribution in [0.4, 0.5) is 4.79 Å². The maximum atomic E-state index is 12.2. The van der Waals surface area contributed by atoms with Crippen molar-refractivity contribution in [3.63, 3.8) is 0 Å². The van der Waals surface area contributed by atoms with Crippen LogP contribution < -0.4 is 5.32 Å². The van der Waals surface area contributed by atoms with E-state index in [1.807, 2.05) is 20.8 Å². The van der Waals surface area contributed by atoms with E-state index in [0.29, 0.717) is 19.1 Å². The Labute approximate surface area is 137 Å². The van der Waals surface area contributed by atoms with Gasteiger partial charge < -0.3 is 14.8 Å². The minimum Gasteiger partial charge on any atom is -0.444 e. The second-order valence-corrected chi connectivity index (χ2v) is 7.38. The SMILES string of the molecule is CC(C)(C)OC(=O)N1Cc2ccc(CN[C@H]3CCOC3)cc2C1. The van der Waals surface area contributed by atoms with E-state index < -0.39 is 5.60 Å². The molecule has 2 heterocycles. The molecule has 5 nitrogen and oxygen atoms in total. The average Bonchev–Trinajstić information content (AvgIpc) is 3.12. The second-order valence-electron chi connectivity index (χ2n) is 7.38. The Balaban J connectivity index is 1.58. The predicted molar refractivity (Wildman–Crippen MR) is 88.0 cm³/mol. The molecule has 1 N–H and O–H groups in total. The van der Waals surface area contributed by atoms with Gasteiger partial charge in [0, 0.05) is 32.3 Å². The maximum absolute atomic E-state index is 12.2. The zero-order valence-electron chi connectivity index (χ0n) is 14.2. The van der Waals surface area contributed by atoms with E-state index in [-0.39, 0.29) is 6.09 Å². The van der Waals surface area contributed by atoms with Crippen LogP contribution in [0.25, 0.3) is 0 Å². The van der Waals surface area contributed by atoms with Crippen molar-refractivity contribution in [3.05, 3.63) is 34.9 Å². The number of carbonyl (C=O) groups excluding carboxylic acids is 1. The van der Waals surface area contributed by atoms with Crippen LogP contribution in [0.5, 0.6) is 0 Å². The molecule has 23 heavy (non-hydrogen) atoms. The Morgan fingerprint density at radius 2 is 2.13 bits per heavy atom. The summed E-state index contributed by atoms with van der Waals surface area (Å²) >= 11 is 0. The molecule has 126 valence electrons. The summed E-state index contributed by atoms with van der Waals surface area (Å²) in [6, 6.07) is 6.92. The van der Waals surface area contributed by atoms with Crippen LogP contribution in [0.1, 0.15) is 43.9 Å². The second kappa shape index (κ2) is 6.49. The minimum atomic E-state index is -0.454. The van der Waals surface area contributed by atoms with Crippen LogP contribution in [-0.2, 0) is 29.1 Å². The molecule has 0 spiro atoms. The van der Waals surface area contributed by atoms with Crippen molar-refractivity contribution in [1.82, 2.24) is 10.2 Å². The van der Waals surface area contributed by atoms with Crippen molar-refractivity contribution in [1.29, 1.82) is 0 Å². The van der Waals surface area contributed by atoms with Crippen LogP contribution in [0.3, 0.4) is 0 Å². The van der Waals surface area contributed by atoms with Crippen LogP contribution in [0.2, 0.25) is 0 Å². The number of hydrogen-bond donors (Lipinski definition) is 1. The Morgan fingerprint density at radius 1 is 1.35 bits per heavy atom. The van der Waals surface area contributed by atoms with Gasteiger partial charge >= 0.3 is 6.09 Å². The Bertz CT molecular complexity index is 574. The van der Waals surface area contributed by atoms with Gasteiger partial charge in [0.15, 0.2) is 0 Å². The molecular formula is C18H26N2O3. The third-order valence-electron chi connectivity index (χ3n) is 4.17. The van der Waals surface area contributed by atoms with Gasteiger partial charge in [0.2, 0.25) is 0 Å². The van der Waals surface area contributed by atoms with Crippen LogP contribution in [0, 0.1) is 0 Å². The molecular weight excluding hydrogens is 292 g/mol. The summed E-state index contributed by atoms with van der Waals surface area (Å²) in [4.78, 5) is 14.0. The minimum absolute atomic E-state index is 0.239. The number of ether oxygens (including phenoxy) is 2. The Kier molecular flexibility index (Phi) is 4.60. The number of benzene rings is 1. The molecule has 5 heteroatoms. The smallest absolute Gasteiger partial charge is 0.410 e. The van der Waals surface area contributed by atoms with Gasteiger partial charge in [-0.3, -0.25) is 4.90 Å². The monoisotopic (exact) mass is 318 g/mol. The van der Waals surface area contributed by atoms with Gasteiger partial charge in [-0.05, 0) is 43.9 Å². The maximum Gasteiger partial charge on any atom is 0.410 e. The third kappa shape index (κ3) is 4.24. The first-order valence-corrected chi connectivity index (χ1v) is 8.30. The summed E-state index contributed by atoms with van der Waals surface area (Å²) in [6.07, 6.45) is 0.841. The lowest BCUT2D eigenvalue weighted by molar-refractivity contribution is 0.0242. The fraction of sp³-hybridized carbons (Fsp3) is 0.611. The lowest BCUT2D eigenvalue weighted by Gasteiger charge is -2.24. The van der Waals surface area contributed by atoms with Gasteiger partial charge in [-0.2, -0.15) is 0 Å². The van der Waals surface area contributed by atoms with E-state index in [9.17, 15) is 4.79 Å². The highest BCUT2D eigenvalue weighted by molar-refractivity contribution is 5.69. The molecule has 0 radical (unpaired) electrons. The van der Waals surface area contributed by atoms with Gasteiger partial charge in [-0.15, -0.1) is 0 Å². The first-order valence-electron chi connectivity index (χ1n) is 8.30. The quantitative estimate of drug-likeness (QED) is 0.931. The fourth-order valence-electron chi connectivity index (χ4n) is 2.97. The van der Waals surface area contributed by atoms with Crippen molar-refractivity contribution in [3.8, 4) is 0 Å². The lowest BCUT2D eigenvalue weighted by atomic mass is 10.1. The number of amides is 1. The summed E-state index contributed by atoms with van der Waals surface area (Å²) in [5.74, 6) is 0. The van der Waals surface area contributed by atoms with Crippen LogP contribution >= 0.6 is 0 Å². The zero-order chi connectivity index (χ0) is 16.4. The molecule has 2 aliphatic heterocycles. The molecule has 3 rings (SSSR count). The first-order chi connectivity index (χ1) is 10.9. The summed E-state index contributed by atoms with van der Waals surface area (Å²) in [7, 11) is 0. The molecule has 0 saturated carbocycles. The summed E-state index contributed by atoms with van der Waals surface area (Å²) in [5.41, 5.74) is 3.23. The zero-order valence-corrected chi connectivity index (χ0v) is 14.2. The molecule has 0 unspecified atom stereocenters. The van der Waals surface area contributed by atoms with Crippen molar-refractivity contribution in [2.24, 2.45) is 0 Å². The molecule has 1 aromatic rings. The molecule has 0 aromatic heterocycles. The summed E-state index contributed by atoms with van der Waals surface area (Å²) in [5, 5.41) is 3.52. The lowest BCUT2D eigenvalue weighted by Crippen LogP contribution is -2.33. The van der Waals surface area contributed by atoms with E-state index in [2.05, 4.69) is 23.5 Å². The van der Waals surface area contributed by atoms with Crippen molar-refractivity contribution in [2.75, 3.05) is 13.2 Å². The largest absolute Gasteiger partial charge is 0.444 e. The van der Waals surface area contributed by atoms with E-state index in [1.54, 1.807) is 4.90 Å². The summed E-state index contributed by atoms with van der Waals surface area (Å²) in [6.45, 7) is 9.44. The molecule has 2 aliphatic rings. The van der Waals surface area contributed by atoms with E-state index in [0.717, 1.165) is 26.2 Å². The van der Waals surface area contributed by atoms with E-state index >= 15 is 0 Å². The number of nitrogens with zero attached hydrogens (tertiary/aromatic N) is 1. The molecule has 1 atom stereocenters. The van der Waals surface area contributed by atoms with Gasteiger partial charge in [0.25, 0.3) is 0 Å². The standard InChI is InChI=1S/C18H26N2O3/c1-18(2,3)23-17(21)20-10-14-5-4-13(8-15(14)11-20)9-19-16-6-7-22-12-16/h4-5,8,16,19H,6-7,9-12H2,1-3H3/t16-/m0/s1. The fourth-order valence-corrected chi connectivity index (χ4v) is 2.97. The number of hydrogen-bond acceptors (Lipinski definition) is 4. The number of fused-ring (bicyclic) bond motifs is 1. The number of carbonyl (C=O) groups is 1. The summed E-state index contributed by atoms with van der Waals surface area (Å²) < 4.78 is 10.8. The van der Waals surface area contributed by atoms with E-state index in [1.165, 1.54) is 16.7 Å². The Hall–Kier alpha value is -1.59. The Morgan fingerprint density at radius 3 is 2.83 bits per heavy atom. The molecule has 1 amide bonds. The van der Waals surface area contributed by atoms with Crippen molar-refractivity contribution in [2.45, 2.75) is 58.5 Å². The van der Waals surface area contributed by atoms with Gasteiger partial charge in [0.05, 0.1) is 6.61 Å². The molecule has 1 aromatic carbocycles.